The van der Waals surface area contributed by atoms with Crippen molar-refractivity contribution < 1.29 is 33.8 Å². The number of aliphatic hydroxyl groups excluding tert-OH is 2. The van der Waals surface area contributed by atoms with Gasteiger partial charge in [0.05, 0.1) is 6.61 Å². The number of hydrogen-bond donors (Lipinski definition) is 5. The van der Waals surface area contributed by atoms with E-state index < -0.39 is 44.7 Å². The summed E-state index contributed by atoms with van der Waals surface area (Å²) in [5.41, 5.74) is 4.52. The molecule has 0 amide bonds. The Labute approximate surface area is 146 Å². The number of anilines is 1. The molecule has 1 aromatic heterocycles. The van der Waals surface area contributed by atoms with Gasteiger partial charge in [0.25, 0.3) is 0 Å². The summed E-state index contributed by atoms with van der Waals surface area (Å²) in [4.78, 5) is 32.3. The predicted molar refractivity (Wildman–Crippen MR) is 72.6 cm³/mol. The molecule has 11 nitrogen and oxygen atoms in total. The fraction of sp³-hybridized carbons (Fsp3) is 0.556. The molecule has 13 heteroatoms. The van der Waals surface area contributed by atoms with E-state index in [1.165, 1.54) is 12.3 Å². The van der Waals surface area contributed by atoms with Crippen molar-refractivity contribution in [2.75, 3.05) is 12.3 Å². The maximum atomic E-state index is 11.6. The Morgan fingerprint density at radius 2 is 2.05 bits per heavy atom. The number of aromatic nitrogens is 2. The standard InChI is InChI=1S/C9H14N3O8P.Na/c10-5-1-2-12(9(15)11-5)8-7(14)6(13)4(20-8)3-19-21(16,17)18;/h1-2,4,6-8,13-14H,3H2,(H2,10,11,15)(H2,16,17,18);/t4-,6+,7+,8+;/m0./s1. The monoisotopic (exact) mass is 346 g/mol. The Bertz CT molecular complexity index is 621. The number of rotatable bonds is 4. The molecule has 0 unspecified atom stereocenters. The zero-order chi connectivity index (χ0) is 15.8. The average Bonchev–Trinajstić information content (AvgIpc) is 2.64. The molecule has 0 aliphatic carbocycles. The van der Waals surface area contributed by atoms with Crippen LogP contribution in [0.5, 0.6) is 0 Å². The van der Waals surface area contributed by atoms with E-state index in [4.69, 9.17) is 20.3 Å². The Morgan fingerprint density at radius 1 is 1.41 bits per heavy atom. The zero-order valence-corrected chi connectivity index (χ0v) is 14.4. The first-order chi connectivity index (χ1) is 9.69. The first-order valence-electron chi connectivity index (χ1n) is 5.75. The van der Waals surface area contributed by atoms with Crippen LogP contribution >= 0.6 is 7.82 Å². The van der Waals surface area contributed by atoms with Gasteiger partial charge in [-0.2, -0.15) is 4.98 Å². The van der Waals surface area contributed by atoms with Crippen molar-refractivity contribution in [1.82, 2.24) is 9.55 Å². The van der Waals surface area contributed by atoms with E-state index in [2.05, 4.69) is 9.51 Å². The van der Waals surface area contributed by atoms with Gasteiger partial charge < -0.3 is 30.5 Å². The van der Waals surface area contributed by atoms with Crippen molar-refractivity contribution in [1.29, 1.82) is 0 Å². The minimum absolute atomic E-state index is 0. The topological polar surface area (TPSA) is 177 Å². The summed E-state index contributed by atoms with van der Waals surface area (Å²) in [7, 11) is -4.74. The third kappa shape index (κ3) is 4.59. The number of nitrogen functional groups attached to an aromatic ring is 1. The molecular formula is C9H14N3NaO8P. The minimum Gasteiger partial charge on any atom is -0.387 e. The van der Waals surface area contributed by atoms with Crippen molar-refractivity contribution in [3.63, 3.8) is 0 Å². The smallest absolute Gasteiger partial charge is 0.387 e. The summed E-state index contributed by atoms with van der Waals surface area (Å²) in [5, 5.41) is 19.6. The van der Waals surface area contributed by atoms with Crippen LogP contribution in [-0.4, -0.2) is 84.0 Å². The summed E-state index contributed by atoms with van der Waals surface area (Å²) in [6.07, 6.45) is -4.27. The van der Waals surface area contributed by atoms with E-state index >= 15 is 0 Å². The van der Waals surface area contributed by atoms with Gasteiger partial charge in [-0.15, -0.1) is 0 Å². The Morgan fingerprint density at radius 3 is 2.59 bits per heavy atom. The zero-order valence-electron chi connectivity index (χ0n) is 11.5. The molecule has 1 saturated heterocycles. The fourth-order valence-corrected chi connectivity index (χ4v) is 2.23. The number of ether oxygens (including phenoxy) is 1. The quantitative estimate of drug-likeness (QED) is 0.282. The third-order valence-electron chi connectivity index (χ3n) is 2.87. The van der Waals surface area contributed by atoms with Crippen LogP contribution in [0.1, 0.15) is 6.23 Å². The normalized spacial score (nSPS) is 28.4. The van der Waals surface area contributed by atoms with Crippen LogP contribution in [0.3, 0.4) is 0 Å². The van der Waals surface area contributed by atoms with Crippen molar-refractivity contribution in [2.24, 2.45) is 0 Å². The summed E-state index contributed by atoms with van der Waals surface area (Å²) < 4.78 is 20.9. The molecule has 0 aromatic carbocycles. The van der Waals surface area contributed by atoms with Crippen LogP contribution < -0.4 is 11.4 Å². The second-order valence-corrected chi connectivity index (χ2v) is 5.61. The maximum Gasteiger partial charge on any atom is 0.469 e. The molecule has 1 aliphatic rings. The van der Waals surface area contributed by atoms with Crippen LogP contribution in [0.25, 0.3) is 0 Å². The number of nitrogens with two attached hydrogens (primary N) is 1. The molecule has 0 saturated carbocycles. The number of hydrogen-bond acceptors (Lipinski definition) is 8. The van der Waals surface area contributed by atoms with Gasteiger partial charge in [0, 0.05) is 35.8 Å². The SMILES string of the molecule is Nc1ccn([C@@H]2O[C@@H](COP(=O)(O)O)[C@@H](O)[C@H]2O)c(=O)n1.[Na]. The van der Waals surface area contributed by atoms with Gasteiger partial charge in [-0.25, -0.2) is 9.36 Å². The van der Waals surface area contributed by atoms with Crippen molar-refractivity contribution in [2.45, 2.75) is 24.5 Å². The van der Waals surface area contributed by atoms with E-state index in [9.17, 15) is 19.6 Å². The average molecular weight is 346 g/mol. The predicted octanol–water partition coefficient (Wildman–Crippen LogP) is -2.83. The molecule has 6 N–H and O–H groups in total. The largest absolute Gasteiger partial charge is 0.469 e. The molecule has 1 aliphatic heterocycles. The number of aliphatic hydroxyl groups is 2. The first kappa shape index (κ1) is 19.7. The van der Waals surface area contributed by atoms with Gasteiger partial charge in [-0.05, 0) is 6.07 Å². The molecular weight excluding hydrogens is 332 g/mol. The summed E-state index contributed by atoms with van der Waals surface area (Å²) in [5.74, 6) is -0.0225. The first-order valence-corrected chi connectivity index (χ1v) is 7.28. The molecule has 1 radical (unpaired) electrons. The van der Waals surface area contributed by atoms with Crippen LogP contribution in [0, 0.1) is 0 Å². The number of nitrogens with zero attached hydrogens (tertiary/aromatic N) is 2. The Balaban J connectivity index is 0.00000242. The second-order valence-electron chi connectivity index (χ2n) is 4.37. The third-order valence-corrected chi connectivity index (χ3v) is 3.36. The summed E-state index contributed by atoms with van der Waals surface area (Å²) in [6.45, 7) is -0.657. The van der Waals surface area contributed by atoms with Gasteiger partial charge >= 0.3 is 13.5 Å². The van der Waals surface area contributed by atoms with Gasteiger partial charge in [-0.1, -0.05) is 0 Å². The minimum atomic E-state index is -4.74. The van der Waals surface area contributed by atoms with Crippen LogP contribution in [0.4, 0.5) is 5.82 Å². The van der Waals surface area contributed by atoms with Crippen molar-refractivity contribution in [3.05, 3.63) is 22.7 Å². The van der Waals surface area contributed by atoms with Crippen molar-refractivity contribution >= 4 is 43.2 Å². The second kappa shape index (κ2) is 7.49. The maximum absolute atomic E-state index is 11.6. The Hall–Kier alpha value is -0.330. The molecule has 0 bridgehead atoms. The molecule has 2 heterocycles. The number of phosphoric acid groups is 1. The van der Waals surface area contributed by atoms with E-state index in [0.29, 0.717) is 0 Å². The van der Waals surface area contributed by atoms with Gasteiger partial charge in [0.1, 0.15) is 24.1 Å². The molecule has 119 valence electrons. The summed E-state index contributed by atoms with van der Waals surface area (Å²) in [6, 6.07) is 1.29. The molecule has 1 aromatic rings. The van der Waals surface area contributed by atoms with Gasteiger partial charge in [-0.3, -0.25) is 9.09 Å². The van der Waals surface area contributed by atoms with E-state index in [-0.39, 0.29) is 35.4 Å². The molecule has 0 spiro atoms. The van der Waals surface area contributed by atoms with Crippen LogP contribution in [0.15, 0.2) is 17.1 Å². The van der Waals surface area contributed by atoms with E-state index in [0.717, 1.165) is 4.57 Å². The van der Waals surface area contributed by atoms with E-state index in [1.807, 2.05) is 0 Å². The van der Waals surface area contributed by atoms with Crippen LogP contribution in [-0.2, 0) is 13.8 Å². The van der Waals surface area contributed by atoms with Crippen LogP contribution in [0.2, 0.25) is 0 Å². The molecule has 2 rings (SSSR count). The Kier molecular flexibility index (Phi) is 6.72. The van der Waals surface area contributed by atoms with Gasteiger partial charge in [0.2, 0.25) is 0 Å². The van der Waals surface area contributed by atoms with Gasteiger partial charge in [0.15, 0.2) is 6.23 Å². The summed E-state index contributed by atoms with van der Waals surface area (Å²) >= 11 is 0. The molecule has 22 heavy (non-hydrogen) atoms. The van der Waals surface area contributed by atoms with Crippen molar-refractivity contribution in [3.8, 4) is 0 Å². The van der Waals surface area contributed by atoms with E-state index in [1.54, 1.807) is 0 Å². The fourth-order valence-electron chi connectivity index (χ4n) is 1.89. The number of phosphoric ester groups is 1. The molecule has 4 atom stereocenters. The molecule has 1 fully saturated rings.